The van der Waals surface area contributed by atoms with E-state index in [1.54, 1.807) is 12.1 Å². The minimum Gasteiger partial charge on any atom is -0.321 e. The van der Waals surface area contributed by atoms with Gasteiger partial charge >= 0.3 is 0 Å². The normalized spacial score (nSPS) is 21.4. The van der Waals surface area contributed by atoms with Gasteiger partial charge in [-0.2, -0.15) is 0 Å². The fraction of sp³-hybridized carbons (Fsp3) is 0.250. The molecule has 0 radical (unpaired) electrons. The molecule has 2 aromatic rings. The number of benzene rings is 2. The molecule has 3 heteroatoms. The van der Waals surface area contributed by atoms with Crippen LogP contribution in [-0.4, -0.2) is 0 Å². The summed E-state index contributed by atoms with van der Waals surface area (Å²) in [6.45, 7) is 0. The molecule has 1 aliphatic rings. The summed E-state index contributed by atoms with van der Waals surface area (Å²) in [7, 11) is 0. The van der Waals surface area contributed by atoms with Crippen molar-refractivity contribution in [2.45, 2.75) is 24.8 Å². The molecular formula is C16H15ClFN. The summed E-state index contributed by atoms with van der Waals surface area (Å²) in [6, 6.07) is 13.0. The van der Waals surface area contributed by atoms with Crippen LogP contribution >= 0.6 is 11.6 Å². The SMILES string of the molecule is NC1(Cc2ccc(Cl)cc2F)CCc2ccccc21. The van der Waals surface area contributed by atoms with E-state index >= 15 is 0 Å². The standard InChI is InChI=1S/C16H15ClFN/c17-13-6-5-12(15(18)9-13)10-16(19)8-7-11-3-1-2-4-14(11)16/h1-6,9H,7-8,10,19H2. The Bertz CT molecular complexity index is 626. The number of hydrogen-bond donors (Lipinski definition) is 1. The van der Waals surface area contributed by atoms with Gasteiger partial charge in [0.15, 0.2) is 0 Å². The van der Waals surface area contributed by atoms with E-state index in [4.69, 9.17) is 17.3 Å². The molecule has 0 spiro atoms. The topological polar surface area (TPSA) is 26.0 Å². The first-order valence-electron chi connectivity index (χ1n) is 6.40. The van der Waals surface area contributed by atoms with Crippen molar-refractivity contribution < 1.29 is 4.39 Å². The van der Waals surface area contributed by atoms with E-state index in [9.17, 15) is 4.39 Å². The minimum absolute atomic E-state index is 0.276. The van der Waals surface area contributed by atoms with Gasteiger partial charge in [0, 0.05) is 10.6 Å². The molecule has 1 nitrogen and oxygen atoms in total. The third-order valence-corrected chi connectivity index (χ3v) is 4.15. The first-order valence-corrected chi connectivity index (χ1v) is 6.77. The molecule has 19 heavy (non-hydrogen) atoms. The molecule has 2 N–H and O–H groups in total. The molecule has 98 valence electrons. The molecular weight excluding hydrogens is 261 g/mol. The molecule has 0 aliphatic heterocycles. The maximum atomic E-state index is 13.9. The van der Waals surface area contributed by atoms with Gasteiger partial charge in [-0.05, 0) is 48.1 Å². The van der Waals surface area contributed by atoms with E-state index in [0.29, 0.717) is 17.0 Å². The lowest BCUT2D eigenvalue weighted by Crippen LogP contribution is -2.36. The molecule has 0 saturated carbocycles. The Hall–Kier alpha value is -1.38. The van der Waals surface area contributed by atoms with Crippen LogP contribution in [0.3, 0.4) is 0 Å². The highest BCUT2D eigenvalue weighted by atomic mass is 35.5. The summed E-state index contributed by atoms with van der Waals surface area (Å²) in [5.74, 6) is -0.276. The summed E-state index contributed by atoms with van der Waals surface area (Å²) in [5, 5.41) is 0.416. The average Bonchev–Trinajstić information content (AvgIpc) is 2.72. The van der Waals surface area contributed by atoms with Crippen LogP contribution in [0.4, 0.5) is 4.39 Å². The second-order valence-corrected chi connectivity index (χ2v) is 5.66. The van der Waals surface area contributed by atoms with E-state index in [1.165, 1.54) is 11.6 Å². The van der Waals surface area contributed by atoms with Gasteiger partial charge in [-0.15, -0.1) is 0 Å². The monoisotopic (exact) mass is 275 g/mol. The predicted octanol–water partition coefficient (Wildman–Crippen LogP) is 3.82. The first-order chi connectivity index (χ1) is 9.08. The molecule has 0 heterocycles. The number of halogens is 2. The van der Waals surface area contributed by atoms with Crippen molar-refractivity contribution in [3.05, 3.63) is 70.0 Å². The van der Waals surface area contributed by atoms with Crippen LogP contribution in [0.2, 0.25) is 5.02 Å². The van der Waals surface area contributed by atoms with Gasteiger partial charge < -0.3 is 5.73 Å². The number of fused-ring (bicyclic) bond motifs is 1. The molecule has 1 atom stereocenters. The number of aryl methyl sites for hydroxylation is 1. The van der Waals surface area contributed by atoms with E-state index in [1.807, 2.05) is 12.1 Å². The van der Waals surface area contributed by atoms with Crippen LogP contribution in [0.15, 0.2) is 42.5 Å². The summed E-state index contributed by atoms with van der Waals surface area (Å²) < 4.78 is 13.9. The molecule has 3 rings (SSSR count). The van der Waals surface area contributed by atoms with Crippen molar-refractivity contribution in [2.24, 2.45) is 5.73 Å². The number of rotatable bonds is 2. The fourth-order valence-electron chi connectivity index (χ4n) is 2.90. The summed E-state index contributed by atoms with van der Waals surface area (Å²) in [6.07, 6.45) is 2.32. The third-order valence-electron chi connectivity index (χ3n) is 3.92. The van der Waals surface area contributed by atoms with Crippen LogP contribution < -0.4 is 5.73 Å². The third kappa shape index (κ3) is 2.26. The van der Waals surface area contributed by atoms with E-state index in [2.05, 4.69) is 12.1 Å². The lowest BCUT2D eigenvalue weighted by atomic mass is 9.86. The summed E-state index contributed by atoms with van der Waals surface area (Å²) in [5.41, 5.74) is 9.09. The van der Waals surface area contributed by atoms with E-state index in [-0.39, 0.29) is 5.82 Å². The largest absolute Gasteiger partial charge is 0.321 e. The summed E-state index contributed by atoms with van der Waals surface area (Å²) >= 11 is 5.78. The molecule has 2 aromatic carbocycles. The zero-order chi connectivity index (χ0) is 13.5. The van der Waals surface area contributed by atoms with Crippen LogP contribution in [0.25, 0.3) is 0 Å². The van der Waals surface area contributed by atoms with Gasteiger partial charge in [-0.3, -0.25) is 0 Å². The second-order valence-electron chi connectivity index (χ2n) is 5.23. The number of nitrogens with two attached hydrogens (primary N) is 1. The highest BCUT2D eigenvalue weighted by Crippen LogP contribution is 2.37. The zero-order valence-electron chi connectivity index (χ0n) is 10.5. The van der Waals surface area contributed by atoms with Gasteiger partial charge in [0.1, 0.15) is 5.82 Å². The van der Waals surface area contributed by atoms with E-state index in [0.717, 1.165) is 18.4 Å². The molecule has 1 aliphatic carbocycles. The quantitative estimate of drug-likeness (QED) is 0.886. The molecule has 1 unspecified atom stereocenters. The van der Waals surface area contributed by atoms with Gasteiger partial charge in [0.05, 0.1) is 0 Å². The fourth-order valence-corrected chi connectivity index (χ4v) is 3.06. The Kier molecular flexibility index (Phi) is 3.08. The Labute approximate surface area is 117 Å². The van der Waals surface area contributed by atoms with Gasteiger partial charge in [-0.25, -0.2) is 4.39 Å². The highest BCUT2D eigenvalue weighted by molar-refractivity contribution is 6.30. The molecule has 0 saturated heterocycles. The Morgan fingerprint density at radius 2 is 2.00 bits per heavy atom. The zero-order valence-corrected chi connectivity index (χ0v) is 11.3. The van der Waals surface area contributed by atoms with Crippen molar-refractivity contribution in [1.29, 1.82) is 0 Å². The van der Waals surface area contributed by atoms with Crippen molar-refractivity contribution >= 4 is 11.6 Å². The maximum absolute atomic E-state index is 13.9. The lowest BCUT2D eigenvalue weighted by molar-refractivity contribution is 0.429. The van der Waals surface area contributed by atoms with Gasteiger partial charge in [0.25, 0.3) is 0 Å². The Balaban J connectivity index is 1.95. The van der Waals surface area contributed by atoms with Crippen molar-refractivity contribution in [3.63, 3.8) is 0 Å². The van der Waals surface area contributed by atoms with Crippen molar-refractivity contribution in [1.82, 2.24) is 0 Å². The second kappa shape index (κ2) is 4.62. The molecule has 0 bridgehead atoms. The van der Waals surface area contributed by atoms with Crippen molar-refractivity contribution in [3.8, 4) is 0 Å². The molecule has 0 amide bonds. The summed E-state index contributed by atoms with van der Waals surface area (Å²) in [4.78, 5) is 0. The highest BCUT2D eigenvalue weighted by Gasteiger charge is 2.35. The number of hydrogen-bond acceptors (Lipinski definition) is 1. The van der Waals surface area contributed by atoms with Crippen LogP contribution in [0, 0.1) is 5.82 Å². The predicted molar refractivity (Wildman–Crippen MR) is 75.7 cm³/mol. The smallest absolute Gasteiger partial charge is 0.127 e. The Morgan fingerprint density at radius 1 is 1.21 bits per heavy atom. The average molecular weight is 276 g/mol. The Morgan fingerprint density at radius 3 is 2.79 bits per heavy atom. The van der Waals surface area contributed by atoms with E-state index < -0.39 is 5.54 Å². The van der Waals surface area contributed by atoms with Crippen LogP contribution in [-0.2, 0) is 18.4 Å². The van der Waals surface area contributed by atoms with Crippen LogP contribution in [0.5, 0.6) is 0 Å². The first kappa shape index (κ1) is 12.6. The minimum atomic E-state index is -0.467. The molecule has 0 aromatic heterocycles. The van der Waals surface area contributed by atoms with Crippen LogP contribution in [0.1, 0.15) is 23.1 Å². The lowest BCUT2D eigenvalue weighted by Gasteiger charge is -2.26. The van der Waals surface area contributed by atoms with Crippen molar-refractivity contribution in [2.75, 3.05) is 0 Å². The van der Waals surface area contributed by atoms with Gasteiger partial charge in [0.2, 0.25) is 0 Å². The maximum Gasteiger partial charge on any atom is 0.127 e. The molecule has 0 fully saturated rings. The van der Waals surface area contributed by atoms with Gasteiger partial charge in [-0.1, -0.05) is 41.9 Å².